The Morgan fingerprint density at radius 3 is 2.55 bits per heavy atom. The molecule has 5 aliphatic rings. The lowest BCUT2D eigenvalue weighted by Gasteiger charge is -2.45. The number of anilines is 2. The summed E-state index contributed by atoms with van der Waals surface area (Å²) in [5, 5.41) is 14.0. The number of amidine groups is 1. The Labute approximate surface area is 217 Å². The fraction of sp³-hybridized carbons (Fsp3) is 0.565. The van der Waals surface area contributed by atoms with Crippen LogP contribution in [0.3, 0.4) is 0 Å². The van der Waals surface area contributed by atoms with E-state index in [4.69, 9.17) is 0 Å². The molecule has 38 heavy (non-hydrogen) atoms. The van der Waals surface area contributed by atoms with Crippen LogP contribution in [-0.4, -0.2) is 63.6 Å². The number of alkyl halides is 3. The predicted molar refractivity (Wildman–Crippen MR) is 130 cm³/mol. The van der Waals surface area contributed by atoms with Gasteiger partial charge in [-0.1, -0.05) is 0 Å². The molecule has 1 amide bonds. The van der Waals surface area contributed by atoms with Crippen molar-refractivity contribution in [3.63, 3.8) is 0 Å². The predicted octanol–water partition coefficient (Wildman–Crippen LogP) is 2.98. The van der Waals surface area contributed by atoms with Crippen molar-refractivity contribution in [2.75, 3.05) is 22.8 Å². The molecule has 1 aromatic carbocycles. The molecule has 0 spiro atoms. The summed E-state index contributed by atoms with van der Waals surface area (Å²) in [6, 6.07) is 3.07. The Morgan fingerprint density at radius 1 is 1.24 bits per heavy atom. The Hall–Kier alpha value is -2.81. The zero-order valence-electron chi connectivity index (χ0n) is 20.1. The summed E-state index contributed by atoms with van der Waals surface area (Å²) in [4.78, 5) is 14.6. The number of amides is 1. The molecule has 3 N–H and O–H groups in total. The van der Waals surface area contributed by atoms with Crippen molar-refractivity contribution < 1.29 is 39.9 Å². The summed E-state index contributed by atoms with van der Waals surface area (Å²) >= 11 is 0. The average molecular weight is 575 g/mol. The molecule has 1 aromatic rings. The van der Waals surface area contributed by atoms with Gasteiger partial charge in [0, 0.05) is 24.2 Å². The van der Waals surface area contributed by atoms with Crippen LogP contribution in [0.4, 0.5) is 24.5 Å². The lowest BCUT2D eigenvalue weighted by Crippen LogP contribution is -2.57. The molecule has 206 valence electrons. The standard InChI is InChI=1S/C23H25F3N4O6S2/c1-37(33,34)28-13-4-5-14-15(9-13)38(35,36)29-20(27-14)17-19(31)16-11-2-3-12(8-11)18(16)30(21(17)32)10-22(6-7-22)23(24,25)26/h4-5,9,11-12,16,18,28,31H,2-3,6-8,10H2,1H3,(H,27,29)/t11-,12+,16-,18+/m1/s1. The number of hydrogen-bond donors (Lipinski definition) is 3. The number of rotatable bonds is 5. The van der Waals surface area contributed by atoms with Gasteiger partial charge in [0.2, 0.25) is 10.0 Å². The highest BCUT2D eigenvalue weighted by Gasteiger charge is 2.66. The largest absolute Gasteiger partial charge is 0.511 e. The van der Waals surface area contributed by atoms with E-state index in [1.54, 1.807) is 0 Å². The number of aliphatic hydroxyl groups is 1. The van der Waals surface area contributed by atoms with Crippen molar-refractivity contribution in [1.29, 1.82) is 0 Å². The van der Waals surface area contributed by atoms with Crippen molar-refractivity contribution in [2.45, 2.75) is 49.2 Å². The minimum Gasteiger partial charge on any atom is -0.511 e. The van der Waals surface area contributed by atoms with Gasteiger partial charge >= 0.3 is 6.18 Å². The first-order valence-corrected chi connectivity index (χ1v) is 15.5. The van der Waals surface area contributed by atoms with Gasteiger partial charge in [-0.3, -0.25) is 9.52 Å². The Bertz CT molecular complexity index is 1530. The second kappa shape index (κ2) is 7.87. The summed E-state index contributed by atoms with van der Waals surface area (Å²) in [7, 11) is -8.16. The third-order valence-electron chi connectivity index (χ3n) is 8.47. The van der Waals surface area contributed by atoms with Gasteiger partial charge < -0.3 is 15.3 Å². The quantitative estimate of drug-likeness (QED) is 0.490. The van der Waals surface area contributed by atoms with E-state index < -0.39 is 67.5 Å². The fourth-order valence-electron chi connectivity index (χ4n) is 6.60. The topological polar surface area (TPSA) is 145 Å². The fourth-order valence-corrected chi connectivity index (χ4v) is 8.31. The van der Waals surface area contributed by atoms with Crippen LogP contribution >= 0.6 is 0 Å². The van der Waals surface area contributed by atoms with Crippen LogP contribution in [0.2, 0.25) is 0 Å². The lowest BCUT2D eigenvalue weighted by atomic mass is 9.77. The minimum atomic E-state index is -4.50. The summed E-state index contributed by atoms with van der Waals surface area (Å²) in [5.41, 5.74) is -2.48. The average Bonchev–Trinajstić information content (AvgIpc) is 3.30. The molecule has 2 heterocycles. The SMILES string of the molecule is CS(=O)(=O)Nc1ccc2c(c1)S(=O)(=O)N=C(C1=C(O)[C@@H]3[C@@H]4CC[C@@H](C4)[C@@H]3N(CC3(C(F)(F)F)CC3)C1=O)N2. The van der Waals surface area contributed by atoms with E-state index in [9.17, 15) is 39.9 Å². The van der Waals surface area contributed by atoms with Crippen molar-refractivity contribution in [3.8, 4) is 0 Å². The van der Waals surface area contributed by atoms with Crippen LogP contribution in [-0.2, 0) is 24.8 Å². The number of hydrogen-bond acceptors (Lipinski definition) is 7. The molecule has 0 unspecified atom stereocenters. The summed E-state index contributed by atoms with van der Waals surface area (Å²) in [6.07, 6.45) is -1.60. The van der Waals surface area contributed by atoms with Crippen LogP contribution in [0.25, 0.3) is 0 Å². The van der Waals surface area contributed by atoms with Gasteiger partial charge in [-0.2, -0.15) is 21.6 Å². The molecule has 0 aromatic heterocycles. The monoisotopic (exact) mass is 574 g/mol. The molecule has 6 rings (SSSR count). The number of aliphatic hydroxyl groups excluding tert-OH is 1. The third kappa shape index (κ3) is 3.88. The third-order valence-corrected chi connectivity index (χ3v) is 10.4. The van der Waals surface area contributed by atoms with Gasteiger partial charge in [-0.15, -0.1) is 4.40 Å². The van der Waals surface area contributed by atoms with E-state index in [0.29, 0.717) is 6.42 Å². The molecule has 15 heteroatoms. The zero-order valence-corrected chi connectivity index (χ0v) is 21.8. The lowest BCUT2D eigenvalue weighted by molar-refractivity contribution is -0.195. The highest BCUT2D eigenvalue weighted by atomic mass is 32.2. The Kier molecular flexibility index (Phi) is 5.27. The van der Waals surface area contributed by atoms with E-state index in [0.717, 1.165) is 25.2 Å². The second-order valence-electron chi connectivity index (χ2n) is 10.9. The molecular formula is C23H25F3N4O6S2. The maximum Gasteiger partial charge on any atom is 0.396 e. The van der Waals surface area contributed by atoms with E-state index in [1.807, 2.05) is 0 Å². The van der Waals surface area contributed by atoms with Crippen LogP contribution < -0.4 is 10.0 Å². The van der Waals surface area contributed by atoms with Gasteiger partial charge in [0.05, 0.1) is 17.4 Å². The highest BCUT2D eigenvalue weighted by Crippen LogP contribution is 2.61. The number of sulfonamides is 2. The number of nitrogens with one attached hydrogen (secondary N) is 2. The molecule has 2 aliphatic heterocycles. The van der Waals surface area contributed by atoms with Crippen molar-refractivity contribution in [1.82, 2.24) is 4.90 Å². The van der Waals surface area contributed by atoms with Gasteiger partial charge in [0.15, 0.2) is 5.84 Å². The molecule has 10 nitrogen and oxygen atoms in total. The maximum absolute atomic E-state index is 13.9. The van der Waals surface area contributed by atoms with Crippen molar-refractivity contribution in [3.05, 3.63) is 29.5 Å². The van der Waals surface area contributed by atoms with Gasteiger partial charge in [0.1, 0.15) is 16.2 Å². The van der Waals surface area contributed by atoms with Gasteiger partial charge in [-0.05, 0) is 62.1 Å². The van der Waals surface area contributed by atoms with Gasteiger partial charge in [0.25, 0.3) is 15.9 Å². The van der Waals surface area contributed by atoms with E-state index in [1.165, 1.54) is 17.0 Å². The first-order chi connectivity index (χ1) is 17.6. The molecule has 2 bridgehead atoms. The summed E-state index contributed by atoms with van der Waals surface area (Å²) in [6.45, 7) is -0.548. The molecular weight excluding hydrogens is 549 g/mol. The van der Waals surface area contributed by atoms with E-state index in [2.05, 4.69) is 14.4 Å². The van der Waals surface area contributed by atoms with Crippen LogP contribution in [0.15, 0.2) is 38.8 Å². The number of fused-ring (bicyclic) bond motifs is 6. The van der Waals surface area contributed by atoms with Crippen molar-refractivity contribution >= 4 is 43.2 Å². The van der Waals surface area contributed by atoms with Gasteiger partial charge in [-0.25, -0.2) is 8.42 Å². The zero-order chi connectivity index (χ0) is 27.4. The first-order valence-electron chi connectivity index (χ1n) is 12.2. The van der Waals surface area contributed by atoms with E-state index >= 15 is 0 Å². The maximum atomic E-state index is 13.9. The number of carbonyl (C=O) groups excluding carboxylic acids is 1. The molecule has 3 fully saturated rings. The normalized spacial score (nSPS) is 30.9. The highest BCUT2D eigenvalue weighted by molar-refractivity contribution is 7.92. The number of halogens is 3. The van der Waals surface area contributed by atoms with E-state index in [-0.39, 0.29) is 46.7 Å². The first kappa shape index (κ1) is 25.5. The summed E-state index contributed by atoms with van der Waals surface area (Å²) in [5.74, 6) is -2.36. The van der Waals surface area contributed by atoms with Crippen LogP contribution in [0.1, 0.15) is 32.1 Å². The Balaban J connectivity index is 1.41. The number of benzene rings is 1. The summed E-state index contributed by atoms with van der Waals surface area (Å²) < 4.78 is 96.8. The van der Waals surface area contributed by atoms with Crippen LogP contribution in [0, 0.1) is 23.2 Å². The smallest absolute Gasteiger partial charge is 0.396 e. The molecule has 0 saturated heterocycles. The van der Waals surface area contributed by atoms with Crippen LogP contribution in [0.5, 0.6) is 0 Å². The number of nitrogens with zero attached hydrogens (tertiary/aromatic N) is 2. The van der Waals surface area contributed by atoms with Crippen molar-refractivity contribution in [2.24, 2.45) is 27.6 Å². The minimum absolute atomic E-state index is 0.0160. The molecule has 4 atom stereocenters. The second-order valence-corrected chi connectivity index (χ2v) is 14.3. The Morgan fingerprint density at radius 2 is 1.92 bits per heavy atom. The molecule has 3 saturated carbocycles. The molecule has 0 radical (unpaired) electrons. The molecule has 3 aliphatic carbocycles. The number of carbonyl (C=O) groups is 1.